The Bertz CT molecular complexity index is 655. The number of hydrogen-bond donors (Lipinski definition) is 2. The van der Waals surface area contributed by atoms with Crippen LogP contribution in [0.1, 0.15) is 12.6 Å². The van der Waals surface area contributed by atoms with Crippen molar-refractivity contribution in [2.75, 3.05) is 5.75 Å². The van der Waals surface area contributed by atoms with Crippen LogP contribution < -0.4 is 5.32 Å². The van der Waals surface area contributed by atoms with Crippen molar-refractivity contribution in [3.63, 3.8) is 0 Å². The number of aryl methyl sites for hydroxylation is 1. The summed E-state index contributed by atoms with van der Waals surface area (Å²) in [5.41, 5.74) is 1.68. The van der Waals surface area contributed by atoms with Crippen molar-refractivity contribution in [3.05, 3.63) is 24.2 Å². The van der Waals surface area contributed by atoms with Gasteiger partial charge in [0.25, 0.3) is 0 Å². The first kappa shape index (κ1) is 14.3. The lowest BCUT2D eigenvalue weighted by atomic mass is 10.3. The van der Waals surface area contributed by atoms with Gasteiger partial charge in [0, 0.05) is 25.1 Å². The summed E-state index contributed by atoms with van der Waals surface area (Å²) in [7, 11) is 0. The summed E-state index contributed by atoms with van der Waals surface area (Å²) in [6, 6.07) is 0.937. The quantitative estimate of drug-likeness (QED) is 0.789. The number of thioether (sulfide) groups is 1. The number of carbonyl (C=O) groups excluding carboxylic acids is 1. The molecule has 2 N–H and O–H groups in total. The molecule has 106 valence electrons. The minimum absolute atomic E-state index is 0.200. The lowest BCUT2D eigenvalue weighted by Crippen LogP contribution is -2.41. The molecule has 1 atom stereocenters. The molecule has 0 aliphatic rings. The van der Waals surface area contributed by atoms with Gasteiger partial charge in [-0.2, -0.15) is 5.10 Å². The molecule has 0 spiro atoms. The molecule has 0 radical (unpaired) electrons. The molecule has 0 aliphatic heterocycles. The van der Waals surface area contributed by atoms with E-state index in [1.807, 2.05) is 13.0 Å². The van der Waals surface area contributed by atoms with Crippen molar-refractivity contribution < 1.29 is 14.7 Å². The van der Waals surface area contributed by atoms with E-state index in [4.69, 9.17) is 5.11 Å². The average molecular weight is 294 g/mol. The van der Waals surface area contributed by atoms with Crippen LogP contribution in [0.15, 0.2) is 23.5 Å². The zero-order chi connectivity index (χ0) is 14.7. The van der Waals surface area contributed by atoms with Gasteiger partial charge in [0.15, 0.2) is 0 Å². The minimum atomic E-state index is -1.07. The standard InChI is InChI=1S/C12H14N4O3S/c1-7-5-10-11(13-3-4-16(10)15-7)20-6-9(12(18)19)14-8(2)17/h3-5,9H,6H2,1-2H3,(H,14,17)(H,18,19). The van der Waals surface area contributed by atoms with Gasteiger partial charge in [-0.05, 0) is 13.0 Å². The van der Waals surface area contributed by atoms with E-state index in [9.17, 15) is 9.59 Å². The molecule has 0 fully saturated rings. The summed E-state index contributed by atoms with van der Waals surface area (Å²) >= 11 is 1.27. The van der Waals surface area contributed by atoms with E-state index in [1.54, 1.807) is 16.9 Å². The van der Waals surface area contributed by atoms with E-state index in [0.717, 1.165) is 11.2 Å². The molecule has 0 saturated heterocycles. The summed E-state index contributed by atoms with van der Waals surface area (Å²) in [5, 5.41) is 16.4. The maximum Gasteiger partial charge on any atom is 0.327 e. The number of hydrogen-bond acceptors (Lipinski definition) is 5. The summed E-state index contributed by atoms with van der Waals surface area (Å²) in [6.07, 6.45) is 3.34. The Morgan fingerprint density at radius 2 is 2.30 bits per heavy atom. The fourth-order valence-corrected chi connectivity index (χ4v) is 2.70. The molecule has 2 aromatic rings. The van der Waals surface area contributed by atoms with Gasteiger partial charge in [-0.3, -0.25) is 4.79 Å². The molecule has 2 rings (SSSR count). The van der Waals surface area contributed by atoms with Gasteiger partial charge in [-0.1, -0.05) is 0 Å². The largest absolute Gasteiger partial charge is 0.480 e. The number of rotatable bonds is 5. The molecular weight excluding hydrogens is 280 g/mol. The smallest absolute Gasteiger partial charge is 0.327 e. The molecule has 1 unspecified atom stereocenters. The number of carboxylic acid groups (broad SMARTS) is 1. The average Bonchev–Trinajstić information content (AvgIpc) is 2.74. The van der Waals surface area contributed by atoms with Crippen molar-refractivity contribution in [2.24, 2.45) is 0 Å². The van der Waals surface area contributed by atoms with Crippen LogP contribution in [0.4, 0.5) is 0 Å². The van der Waals surface area contributed by atoms with E-state index < -0.39 is 12.0 Å². The third kappa shape index (κ3) is 3.27. The summed E-state index contributed by atoms with van der Waals surface area (Å²) in [4.78, 5) is 26.3. The van der Waals surface area contributed by atoms with E-state index >= 15 is 0 Å². The Kier molecular flexibility index (Phi) is 4.23. The number of carboxylic acids is 1. The van der Waals surface area contributed by atoms with E-state index in [-0.39, 0.29) is 11.7 Å². The van der Waals surface area contributed by atoms with Crippen molar-refractivity contribution >= 4 is 29.2 Å². The lowest BCUT2D eigenvalue weighted by Gasteiger charge is -2.12. The van der Waals surface area contributed by atoms with Crippen molar-refractivity contribution in [2.45, 2.75) is 24.9 Å². The first-order chi connectivity index (χ1) is 9.47. The summed E-state index contributed by atoms with van der Waals surface area (Å²) in [5.74, 6) is -1.24. The molecule has 0 aliphatic carbocycles. The van der Waals surface area contributed by atoms with Crippen LogP contribution in [0.3, 0.4) is 0 Å². The van der Waals surface area contributed by atoms with Crippen LogP contribution in [0.25, 0.3) is 5.52 Å². The second kappa shape index (κ2) is 5.91. The molecule has 1 amide bonds. The Hall–Kier alpha value is -2.09. The third-order valence-corrected chi connectivity index (χ3v) is 3.63. The number of aliphatic carboxylic acids is 1. The van der Waals surface area contributed by atoms with Gasteiger partial charge >= 0.3 is 5.97 Å². The van der Waals surface area contributed by atoms with Crippen molar-refractivity contribution in [1.29, 1.82) is 0 Å². The predicted molar refractivity (Wildman–Crippen MR) is 73.7 cm³/mol. The van der Waals surface area contributed by atoms with Crippen LogP contribution in [-0.4, -0.2) is 43.4 Å². The lowest BCUT2D eigenvalue weighted by molar-refractivity contribution is -0.140. The number of carbonyl (C=O) groups is 2. The van der Waals surface area contributed by atoms with Crippen LogP contribution in [-0.2, 0) is 9.59 Å². The van der Waals surface area contributed by atoms with Crippen molar-refractivity contribution in [1.82, 2.24) is 19.9 Å². The van der Waals surface area contributed by atoms with Gasteiger partial charge in [0.05, 0.1) is 11.2 Å². The zero-order valence-corrected chi connectivity index (χ0v) is 11.8. The maximum atomic E-state index is 11.1. The number of fused-ring (bicyclic) bond motifs is 1. The van der Waals surface area contributed by atoms with E-state index in [2.05, 4.69) is 15.4 Å². The molecule has 0 bridgehead atoms. The van der Waals surface area contributed by atoms with Gasteiger partial charge in [0.1, 0.15) is 11.1 Å². The summed E-state index contributed by atoms with van der Waals surface area (Å²) in [6.45, 7) is 3.17. The highest BCUT2D eigenvalue weighted by Gasteiger charge is 2.19. The van der Waals surface area contributed by atoms with Gasteiger partial charge in [-0.15, -0.1) is 11.8 Å². The van der Waals surface area contributed by atoms with Gasteiger partial charge < -0.3 is 10.4 Å². The SMILES string of the molecule is CC(=O)NC(CSc1nccn2nc(C)cc12)C(=O)O. The van der Waals surface area contributed by atoms with Gasteiger partial charge in [0.2, 0.25) is 5.91 Å². The van der Waals surface area contributed by atoms with Crippen LogP contribution in [0, 0.1) is 6.92 Å². The molecule has 2 aromatic heterocycles. The topological polar surface area (TPSA) is 96.6 Å². The number of amides is 1. The highest BCUT2D eigenvalue weighted by atomic mass is 32.2. The molecule has 0 saturated carbocycles. The highest BCUT2D eigenvalue weighted by Crippen LogP contribution is 2.22. The summed E-state index contributed by atoms with van der Waals surface area (Å²) < 4.78 is 1.69. The maximum absolute atomic E-state index is 11.1. The molecular formula is C12H14N4O3S. The highest BCUT2D eigenvalue weighted by molar-refractivity contribution is 7.99. The Morgan fingerprint density at radius 3 is 2.95 bits per heavy atom. The fourth-order valence-electron chi connectivity index (χ4n) is 1.71. The minimum Gasteiger partial charge on any atom is -0.480 e. The van der Waals surface area contributed by atoms with E-state index in [1.165, 1.54) is 18.7 Å². The number of aromatic nitrogens is 3. The molecule has 2 heterocycles. The fraction of sp³-hybridized carbons (Fsp3) is 0.333. The predicted octanol–water partition coefficient (Wildman–Crippen LogP) is 0.719. The molecule has 20 heavy (non-hydrogen) atoms. The van der Waals surface area contributed by atoms with Crippen LogP contribution in [0.5, 0.6) is 0 Å². The monoisotopic (exact) mass is 294 g/mol. The second-order valence-corrected chi connectivity index (χ2v) is 5.26. The van der Waals surface area contributed by atoms with Crippen LogP contribution >= 0.6 is 11.8 Å². The second-order valence-electron chi connectivity index (χ2n) is 4.25. The zero-order valence-electron chi connectivity index (χ0n) is 11.0. The van der Waals surface area contributed by atoms with E-state index in [0.29, 0.717) is 5.03 Å². The third-order valence-electron chi connectivity index (χ3n) is 2.54. The Labute approximate surface area is 119 Å². The number of nitrogens with zero attached hydrogens (tertiary/aromatic N) is 3. The van der Waals surface area contributed by atoms with Crippen molar-refractivity contribution in [3.8, 4) is 0 Å². The molecule has 7 nitrogen and oxygen atoms in total. The number of nitrogens with one attached hydrogen (secondary N) is 1. The Balaban J connectivity index is 2.15. The normalized spacial score (nSPS) is 12.3. The molecule has 0 aromatic carbocycles. The van der Waals surface area contributed by atoms with Crippen LogP contribution in [0.2, 0.25) is 0 Å². The van der Waals surface area contributed by atoms with Gasteiger partial charge in [-0.25, -0.2) is 14.3 Å². The Morgan fingerprint density at radius 1 is 1.55 bits per heavy atom. The first-order valence-corrected chi connectivity index (χ1v) is 6.89. The first-order valence-electron chi connectivity index (χ1n) is 5.91. The molecule has 8 heteroatoms.